The number of hydrogen-bond donors (Lipinski definition) is 1. The summed E-state index contributed by atoms with van der Waals surface area (Å²) in [5, 5.41) is 14.0. The average molecular weight is 218 g/mol. The van der Waals surface area contributed by atoms with Crippen molar-refractivity contribution < 1.29 is 4.92 Å². The van der Waals surface area contributed by atoms with Gasteiger partial charge in [0, 0.05) is 18.0 Å². The third-order valence-electron chi connectivity index (χ3n) is 2.25. The van der Waals surface area contributed by atoms with Crippen LogP contribution < -0.4 is 5.32 Å². The molecule has 0 radical (unpaired) electrons. The zero-order valence-corrected chi connectivity index (χ0v) is 9.36. The van der Waals surface area contributed by atoms with E-state index < -0.39 is 0 Å². The third-order valence-corrected chi connectivity index (χ3v) is 2.25. The molecule has 1 aromatic rings. The summed E-state index contributed by atoms with van der Waals surface area (Å²) >= 11 is 0. The van der Waals surface area contributed by atoms with Gasteiger partial charge in [-0.2, -0.15) is 0 Å². The second-order valence-electron chi connectivity index (χ2n) is 3.68. The number of para-hydroxylation sites is 1. The Hall–Kier alpha value is -2.02. The minimum absolute atomic E-state index is 0.0190. The zero-order valence-electron chi connectivity index (χ0n) is 9.36. The molecule has 1 unspecified atom stereocenters. The van der Waals surface area contributed by atoms with Crippen LogP contribution in [0.3, 0.4) is 0 Å². The molecule has 0 aliphatic carbocycles. The topological polar surface area (TPSA) is 55.2 Å². The number of aryl methyl sites for hydroxylation is 1. The Morgan fingerprint density at radius 2 is 2.31 bits per heavy atom. The van der Waals surface area contributed by atoms with Gasteiger partial charge in [0.15, 0.2) is 0 Å². The average Bonchev–Trinajstić information content (AvgIpc) is 2.17. The predicted molar refractivity (Wildman–Crippen MR) is 64.4 cm³/mol. The van der Waals surface area contributed by atoms with Crippen molar-refractivity contribution in [2.24, 2.45) is 0 Å². The fraction of sp³-hybridized carbons (Fsp3) is 0.333. The first-order chi connectivity index (χ1) is 7.56. The molecular weight excluding hydrogens is 204 g/mol. The highest BCUT2D eigenvalue weighted by Crippen LogP contribution is 2.28. The van der Waals surface area contributed by atoms with Crippen LogP contribution >= 0.6 is 0 Å². The van der Waals surface area contributed by atoms with E-state index in [1.54, 1.807) is 25.1 Å². The van der Waals surface area contributed by atoms with Crippen LogP contribution in [0.15, 0.2) is 18.2 Å². The first kappa shape index (κ1) is 12.1. The van der Waals surface area contributed by atoms with E-state index >= 15 is 0 Å². The monoisotopic (exact) mass is 218 g/mol. The van der Waals surface area contributed by atoms with E-state index in [4.69, 9.17) is 6.42 Å². The molecule has 0 amide bonds. The van der Waals surface area contributed by atoms with E-state index in [-0.39, 0.29) is 16.7 Å². The SMILES string of the molecule is C#CCC(C)Nc1cccc(C)c1[N+](=O)[O-]. The van der Waals surface area contributed by atoms with Crippen LogP contribution in [0.5, 0.6) is 0 Å². The highest BCUT2D eigenvalue weighted by atomic mass is 16.6. The predicted octanol–water partition coefficient (Wildman–Crippen LogP) is 2.73. The molecule has 4 nitrogen and oxygen atoms in total. The fourth-order valence-electron chi connectivity index (χ4n) is 1.51. The molecule has 0 spiro atoms. The normalized spacial score (nSPS) is 11.6. The second kappa shape index (κ2) is 5.17. The molecule has 84 valence electrons. The zero-order chi connectivity index (χ0) is 12.1. The van der Waals surface area contributed by atoms with Gasteiger partial charge in [0.2, 0.25) is 0 Å². The van der Waals surface area contributed by atoms with Gasteiger partial charge in [0.05, 0.1) is 4.92 Å². The van der Waals surface area contributed by atoms with Crippen LogP contribution in [-0.4, -0.2) is 11.0 Å². The smallest absolute Gasteiger partial charge is 0.295 e. The van der Waals surface area contributed by atoms with Crippen LogP contribution in [0.4, 0.5) is 11.4 Å². The van der Waals surface area contributed by atoms with Gasteiger partial charge in [-0.25, -0.2) is 0 Å². The molecule has 0 aliphatic heterocycles. The third kappa shape index (κ3) is 2.74. The van der Waals surface area contributed by atoms with Crippen LogP contribution in [0.25, 0.3) is 0 Å². The van der Waals surface area contributed by atoms with Crippen molar-refractivity contribution in [3.05, 3.63) is 33.9 Å². The lowest BCUT2D eigenvalue weighted by atomic mass is 10.1. The highest BCUT2D eigenvalue weighted by Gasteiger charge is 2.17. The maximum atomic E-state index is 10.9. The van der Waals surface area contributed by atoms with Crippen LogP contribution in [-0.2, 0) is 0 Å². The number of nitrogens with one attached hydrogen (secondary N) is 1. The number of benzene rings is 1. The van der Waals surface area contributed by atoms with Crippen LogP contribution in [0.2, 0.25) is 0 Å². The van der Waals surface area contributed by atoms with Crippen molar-refractivity contribution in [1.82, 2.24) is 0 Å². The van der Waals surface area contributed by atoms with Crippen molar-refractivity contribution in [3.63, 3.8) is 0 Å². The molecule has 0 saturated heterocycles. The summed E-state index contributed by atoms with van der Waals surface area (Å²) in [7, 11) is 0. The van der Waals surface area contributed by atoms with Crippen molar-refractivity contribution in [3.8, 4) is 12.3 Å². The molecule has 0 saturated carbocycles. The van der Waals surface area contributed by atoms with Crippen molar-refractivity contribution in [2.45, 2.75) is 26.3 Å². The number of anilines is 1. The summed E-state index contributed by atoms with van der Waals surface area (Å²) in [6.07, 6.45) is 5.72. The molecule has 1 atom stereocenters. The van der Waals surface area contributed by atoms with Gasteiger partial charge >= 0.3 is 0 Å². The first-order valence-electron chi connectivity index (χ1n) is 5.00. The van der Waals surface area contributed by atoms with E-state index in [1.165, 1.54) is 0 Å². The van der Waals surface area contributed by atoms with Gasteiger partial charge in [-0.3, -0.25) is 10.1 Å². The molecule has 16 heavy (non-hydrogen) atoms. The van der Waals surface area contributed by atoms with Crippen LogP contribution in [0, 0.1) is 29.4 Å². The Morgan fingerprint density at radius 1 is 1.62 bits per heavy atom. The lowest BCUT2D eigenvalue weighted by Gasteiger charge is -2.13. The largest absolute Gasteiger partial charge is 0.376 e. The number of terminal acetylenes is 1. The Kier molecular flexibility index (Phi) is 3.90. The number of nitro groups is 1. The van der Waals surface area contributed by atoms with E-state index in [1.807, 2.05) is 6.92 Å². The maximum absolute atomic E-state index is 10.9. The molecule has 0 fully saturated rings. The van der Waals surface area contributed by atoms with Crippen molar-refractivity contribution >= 4 is 11.4 Å². The fourth-order valence-corrected chi connectivity index (χ4v) is 1.51. The van der Waals surface area contributed by atoms with E-state index in [0.29, 0.717) is 17.7 Å². The number of nitrogens with zero attached hydrogens (tertiary/aromatic N) is 1. The summed E-state index contributed by atoms with van der Waals surface area (Å²) in [6, 6.07) is 5.21. The molecule has 0 aromatic heterocycles. The van der Waals surface area contributed by atoms with Crippen LogP contribution in [0.1, 0.15) is 18.9 Å². The molecule has 1 N–H and O–H groups in total. The van der Waals surface area contributed by atoms with Gasteiger partial charge in [0.1, 0.15) is 5.69 Å². The molecular formula is C12H14N2O2. The lowest BCUT2D eigenvalue weighted by molar-refractivity contribution is -0.384. The van der Waals surface area contributed by atoms with Gasteiger partial charge in [-0.05, 0) is 19.9 Å². The quantitative estimate of drug-likeness (QED) is 0.480. The number of rotatable bonds is 4. The van der Waals surface area contributed by atoms with Crippen molar-refractivity contribution in [2.75, 3.05) is 5.32 Å². The molecule has 4 heteroatoms. The van der Waals surface area contributed by atoms with E-state index in [0.717, 1.165) is 0 Å². The summed E-state index contributed by atoms with van der Waals surface area (Å²) in [5.41, 5.74) is 1.28. The molecule has 1 rings (SSSR count). The molecule has 0 bridgehead atoms. The van der Waals surface area contributed by atoms with Crippen molar-refractivity contribution in [1.29, 1.82) is 0 Å². The number of hydrogen-bond acceptors (Lipinski definition) is 3. The summed E-state index contributed by atoms with van der Waals surface area (Å²) in [5.74, 6) is 2.52. The summed E-state index contributed by atoms with van der Waals surface area (Å²) in [4.78, 5) is 10.5. The highest BCUT2D eigenvalue weighted by molar-refractivity contribution is 5.65. The molecule has 0 aliphatic rings. The first-order valence-corrected chi connectivity index (χ1v) is 5.00. The lowest BCUT2D eigenvalue weighted by Crippen LogP contribution is -2.15. The molecule has 1 aromatic carbocycles. The summed E-state index contributed by atoms with van der Waals surface area (Å²) < 4.78 is 0. The second-order valence-corrected chi connectivity index (χ2v) is 3.68. The number of nitro benzene ring substituents is 1. The van der Waals surface area contributed by atoms with Gasteiger partial charge in [-0.1, -0.05) is 12.1 Å². The Balaban J connectivity index is 3.00. The van der Waals surface area contributed by atoms with E-state index in [2.05, 4.69) is 11.2 Å². The standard InChI is InChI=1S/C12H14N2O2/c1-4-6-10(3)13-11-8-5-7-9(2)12(11)14(15)16/h1,5,7-8,10,13H,6H2,2-3H3. The Bertz CT molecular complexity index is 435. The van der Waals surface area contributed by atoms with E-state index in [9.17, 15) is 10.1 Å². The minimum Gasteiger partial charge on any atom is -0.376 e. The van der Waals surface area contributed by atoms with Gasteiger partial charge in [0.25, 0.3) is 5.69 Å². The minimum atomic E-state index is -0.375. The summed E-state index contributed by atoms with van der Waals surface area (Å²) in [6.45, 7) is 3.61. The maximum Gasteiger partial charge on any atom is 0.295 e. The van der Waals surface area contributed by atoms with Gasteiger partial charge in [-0.15, -0.1) is 12.3 Å². The van der Waals surface area contributed by atoms with Gasteiger partial charge < -0.3 is 5.32 Å². The Labute approximate surface area is 94.8 Å². The molecule has 0 heterocycles. The Morgan fingerprint density at radius 3 is 2.88 bits per heavy atom.